The van der Waals surface area contributed by atoms with Gasteiger partial charge in [-0.05, 0) is 36.4 Å². The Hall–Kier alpha value is -3.29. The van der Waals surface area contributed by atoms with E-state index in [2.05, 4.69) is 15.8 Å². The fraction of sp³-hybridized carbons (Fsp3) is 0.0500. The predicted octanol–water partition coefficient (Wildman–Crippen LogP) is 4.02. The summed E-state index contributed by atoms with van der Waals surface area (Å²) in [5, 5.41) is 0.721. The van der Waals surface area contributed by atoms with Crippen LogP contribution < -0.4 is 20.3 Å². The molecule has 0 saturated carbocycles. The molecule has 0 bridgehead atoms. The summed E-state index contributed by atoms with van der Waals surface area (Å²) in [6.45, 7) is -0.355. The van der Waals surface area contributed by atoms with Gasteiger partial charge in [0.15, 0.2) is 6.61 Å². The zero-order valence-electron chi connectivity index (χ0n) is 14.9. The van der Waals surface area contributed by atoms with E-state index in [1.165, 1.54) is 18.3 Å². The molecule has 3 aromatic rings. The van der Waals surface area contributed by atoms with E-state index in [4.69, 9.17) is 32.7 Å². The van der Waals surface area contributed by atoms with Crippen LogP contribution >= 0.6 is 23.2 Å². The Bertz CT molecular complexity index is 1020. The topological polar surface area (TPSA) is 89.6 Å². The minimum Gasteiger partial charge on any atom is -0.482 e. The summed E-state index contributed by atoms with van der Waals surface area (Å²) in [6, 6.07) is 16.8. The standard InChI is InChI=1S/C20H15Cl2N3O4/c21-13-6-7-18(16(22)10-13)28-12-19(26)24-25-20(27)17-11-15(8-9-23-17)29-14-4-2-1-3-5-14/h1-11H,12H2,(H,24,26)(H,25,27). The summed E-state index contributed by atoms with van der Waals surface area (Å²) >= 11 is 11.8. The maximum Gasteiger partial charge on any atom is 0.288 e. The highest BCUT2D eigenvalue weighted by Crippen LogP contribution is 2.27. The Kier molecular flexibility index (Phi) is 6.89. The lowest BCUT2D eigenvalue weighted by atomic mass is 10.3. The van der Waals surface area contributed by atoms with Crippen molar-refractivity contribution < 1.29 is 19.1 Å². The average molecular weight is 432 g/mol. The molecule has 2 amide bonds. The van der Waals surface area contributed by atoms with Gasteiger partial charge >= 0.3 is 0 Å². The largest absolute Gasteiger partial charge is 0.482 e. The number of para-hydroxylation sites is 1. The molecular formula is C20H15Cl2N3O4. The van der Waals surface area contributed by atoms with Crippen molar-refractivity contribution in [2.75, 3.05) is 6.61 Å². The van der Waals surface area contributed by atoms with Crippen molar-refractivity contribution in [1.29, 1.82) is 0 Å². The summed E-state index contributed by atoms with van der Waals surface area (Å²) in [7, 11) is 0. The number of benzene rings is 2. The lowest BCUT2D eigenvalue weighted by Crippen LogP contribution is -2.44. The van der Waals surface area contributed by atoms with Gasteiger partial charge in [-0.1, -0.05) is 41.4 Å². The number of hydrogen-bond donors (Lipinski definition) is 2. The molecule has 29 heavy (non-hydrogen) atoms. The minimum atomic E-state index is -0.610. The van der Waals surface area contributed by atoms with Crippen LogP contribution in [-0.2, 0) is 4.79 Å². The van der Waals surface area contributed by atoms with E-state index < -0.39 is 11.8 Å². The number of rotatable bonds is 6. The SMILES string of the molecule is O=C(COc1ccc(Cl)cc1Cl)NNC(=O)c1cc(Oc2ccccc2)ccn1. The van der Waals surface area contributed by atoms with Crippen LogP contribution in [0, 0.1) is 0 Å². The second kappa shape index (κ2) is 9.77. The van der Waals surface area contributed by atoms with Crippen molar-refractivity contribution in [2.24, 2.45) is 0 Å². The number of halogens is 2. The summed E-state index contributed by atoms with van der Waals surface area (Å²) < 4.78 is 10.9. The van der Waals surface area contributed by atoms with Crippen molar-refractivity contribution in [2.45, 2.75) is 0 Å². The van der Waals surface area contributed by atoms with Gasteiger partial charge in [-0.3, -0.25) is 25.4 Å². The third-order valence-corrected chi connectivity index (χ3v) is 4.04. The number of pyridine rings is 1. The van der Waals surface area contributed by atoms with Gasteiger partial charge < -0.3 is 9.47 Å². The van der Waals surface area contributed by atoms with Crippen LogP contribution in [-0.4, -0.2) is 23.4 Å². The molecule has 0 aliphatic heterocycles. The Morgan fingerprint density at radius 2 is 1.72 bits per heavy atom. The second-order valence-electron chi connectivity index (χ2n) is 5.66. The van der Waals surface area contributed by atoms with Gasteiger partial charge in [0.1, 0.15) is 22.9 Å². The van der Waals surface area contributed by atoms with E-state index in [-0.39, 0.29) is 17.3 Å². The molecule has 0 aliphatic rings. The van der Waals surface area contributed by atoms with E-state index in [0.717, 1.165) is 0 Å². The highest BCUT2D eigenvalue weighted by molar-refractivity contribution is 6.35. The van der Waals surface area contributed by atoms with Crippen LogP contribution in [0.2, 0.25) is 10.0 Å². The van der Waals surface area contributed by atoms with Crippen molar-refractivity contribution in [3.8, 4) is 17.2 Å². The van der Waals surface area contributed by atoms with Crippen molar-refractivity contribution in [3.63, 3.8) is 0 Å². The molecule has 7 nitrogen and oxygen atoms in total. The van der Waals surface area contributed by atoms with E-state index in [0.29, 0.717) is 22.3 Å². The molecule has 0 atom stereocenters. The maximum atomic E-state index is 12.2. The van der Waals surface area contributed by atoms with Crippen LogP contribution in [0.25, 0.3) is 0 Å². The lowest BCUT2D eigenvalue weighted by molar-refractivity contribution is -0.123. The maximum absolute atomic E-state index is 12.2. The molecule has 9 heteroatoms. The number of amides is 2. The monoisotopic (exact) mass is 431 g/mol. The number of aromatic nitrogens is 1. The van der Waals surface area contributed by atoms with Crippen molar-refractivity contribution >= 4 is 35.0 Å². The molecule has 0 aliphatic carbocycles. The molecule has 148 valence electrons. The van der Waals surface area contributed by atoms with Crippen LogP contribution in [0.4, 0.5) is 0 Å². The van der Waals surface area contributed by atoms with Gasteiger partial charge in [-0.15, -0.1) is 0 Å². The van der Waals surface area contributed by atoms with Gasteiger partial charge in [0.25, 0.3) is 11.8 Å². The zero-order chi connectivity index (χ0) is 20.6. The predicted molar refractivity (Wildman–Crippen MR) is 108 cm³/mol. The highest BCUT2D eigenvalue weighted by atomic mass is 35.5. The third kappa shape index (κ3) is 6.10. The number of ether oxygens (including phenoxy) is 2. The number of hydrogen-bond acceptors (Lipinski definition) is 5. The Morgan fingerprint density at radius 3 is 2.48 bits per heavy atom. The Morgan fingerprint density at radius 1 is 0.931 bits per heavy atom. The first-order valence-electron chi connectivity index (χ1n) is 8.37. The normalized spacial score (nSPS) is 10.1. The molecular weight excluding hydrogens is 417 g/mol. The van der Waals surface area contributed by atoms with Gasteiger partial charge in [0.2, 0.25) is 0 Å². The lowest BCUT2D eigenvalue weighted by Gasteiger charge is -2.10. The fourth-order valence-corrected chi connectivity index (χ4v) is 2.65. The molecule has 2 N–H and O–H groups in total. The average Bonchev–Trinajstić information content (AvgIpc) is 2.72. The molecule has 0 fully saturated rings. The van der Waals surface area contributed by atoms with Crippen molar-refractivity contribution in [3.05, 3.63) is 82.6 Å². The number of nitrogens with zero attached hydrogens (tertiary/aromatic N) is 1. The van der Waals surface area contributed by atoms with Gasteiger partial charge in [0, 0.05) is 17.3 Å². The summed E-state index contributed by atoms with van der Waals surface area (Å²) in [6.07, 6.45) is 1.43. The van der Waals surface area contributed by atoms with E-state index in [9.17, 15) is 9.59 Å². The van der Waals surface area contributed by atoms with Crippen LogP contribution in [0.3, 0.4) is 0 Å². The first-order chi connectivity index (χ1) is 14.0. The second-order valence-corrected chi connectivity index (χ2v) is 6.50. The van der Waals surface area contributed by atoms with E-state index in [1.54, 1.807) is 30.3 Å². The summed E-state index contributed by atoms with van der Waals surface area (Å²) in [4.78, 5) is 28.0. The highest BCUT2D eigenvalue weighted by Gasteiger charge is 2.11. The zero-order valence-corrected chi connectivity index (χ0v) is 16.4. The van der Waals surface area contributed by atoms with Gasteiger partial charge in [0.05, 0.1) is 5.02 Å². The molecule has 1 heterocycles. The summed E-state index contributed by atoms with van der Waals surface area (Å²) in [5.41, 5.74) is 4.57. The molecule has 0 radical (unpaired) electrons. The minimum absolute atomic E-state index is 0.0698. The smallest absolute Gasteiger partial charge is 0.288 e. The number of nitrogens with one attached hydrogen (secondary N) is 2. The molecule has 1 aromatic heterocycles. The molecule has 0 spiro atoms. The molecule has 0 saturated heterocycles. The fourth-order valence-electron chi connectivity index (χ4n) is 2.19. The number of carbonyl (C=O) groups excluding carboxylic acids is 2. The number of carbonyl (C=O) groups is 2. The van der Waals surface area contributed by atoms with E-state index >= 15 is 0 Å². The van der Waals surface area contributed by atoms with Crippen LogP contribution in [0.1, 0.15) is 10.5 Å². The first-order valence-corrected chi connectivity index (χ1v) is 9.13. The van der Waals surface area contributed by atoms with Gasteiger partial charge in [-0.2, -0.15) is 0 Å². The molecule has 2 aromatic carbocycles. The first kappa shape index (κ1) is 20.4. The van der Waals surface area contributed by atoms with Crippen LogP contribution in [0.5, 0.6) is 17.2 Å². The quantitative estimate of drug-likeness (QED) is 0.575. The summed E-state index contributed by atoms with van der Waals surface area (Å²) in [5.74, 6) is 0.159. The number of hydrazine groups is 1. The molecule has 0 unspecified atom stereocenters. The van der Waals surface area contributed by atoms with Crippen molar-refractivity contribution in [1.82, 2.24) is 15.8 Å². The Balaban J connectivity index is 1.51. The molecule has 3 rings (SSSR count). The third-order valence-electron chi connectivity index (χ3n) is 3.51. The van der Waals surface area contributed by atoms with E-state index in [1.807, 2.05) is 18.2 Å². The Labute approximate surface area is 176 Å². The van der Waals surface area contributed by atoms with Gasteiger partial charge in [-0.25, -0.2) is 0 Å². The van der Waals surface area contributed by atoms with Crippen LogP contribution in [0.15, 0.2) is 66.9 Å².